The van der Waals surface area contributed by atoms with Gasteiger partial charge in [0.2, 0.25) is 11.8 Å². The molecule has 0 aliphatic heterocycles. The summed E-state index contributed by atoms with van der Waals surface area (Å²) in [6.07, 6.45) is 4.73. The number of nitrogens with zero attached hydrogens (tertiary/aromatic N) is 1. The number of benzene rings is 1. The van der Waals surface area contributed by atoms with Crippen molar-refractivity contribution in [2.24, 2.45) is 5.10 Å². The fourth-order valence-electron chi connectivity index (χ4n) is 1.86. The Balaban J connectivity index is 2.18. The highest BCUT2D eigenvalue weighted by atomic mass is 16.5. The van der Waals surface area contributed by atoms with Crippen LogP contribution in [0.1, 0.15) is 44.1 Å². The van der Waals surface area contributed by atoms with Crippen molar-refractivity contribution in [3.05, 3.63) is 23.8 Å². The number of carbonyl (C=O) groups excluding carboxylic acids is 2. The minimum Gasteiger partial charge on any atom is -0.508 e. The van der Waals surface area contributed by atoms with E-state index in [0.29, 0.717) is 24.8 Å². The van der Waals surface area contributed by atoms with E-state index in [1.54, 1.807) is 5.48 Å². The molecule has 1 rings (SSSR count). The molecule has 0 saturated heterocycles. The minimum absolute atomic E-state index is 0.00884. The summed E-state index contributed by atoms with van der Waals surface area (Å²) in [5.41, 5.74) is 4.20. The number of carbonyl (C=O) groups is 2. The van der Waals surface area contributed by atoms with Gasteiger partial charge in [-0.05, 0) is 31.0 Å². The Morgan fingerprint density at radius 3 is 2.35 bits per heavy atom. The molecule has 5 N–H and O–H groups in total. The molecule has 2 amide bonds. The predicted octanol–water partition coefficient (Wildman–Crippen LogP) is 1.39. The third-order valence-electron chi connectivity index (χ3n) is 3.09. The number of rotatable bonds is 9. The Morgan fingerprint density at radius 1 is 1.04 bits per heavy atom. The van der Waals surface area contributed by atoms with Crippen molar-refractivity contribution < 1.29 is 25.0 Å². The average molecular weight is 323 g/mol. The number of hydrogen-bond acceptors (Lipinski definition) is 6. The number of aromatic hydroxyl groups is 2. The first-order valence-corrected chi connectivity index (χ1v) is 7.29. The summed E-state index contributed by atoms with van der Waals surface area (Å²) < 4.78 is 0. The largest absolute Gasteiger partial charge is 0.508 e. The van der Waals surface area contributed by atoms with Crippen LogP contribution in [0.3, 0.4) is 0 Å². The van der Waals surface area contributed by atoms with Crippen molar-refractivity contribution in [1.82, 2.24) is 10.9 Å². The summed E-state index contributed by atoms with van der Waals surface area (Å²) in [6, 6.07) is 4.00. The van der Waals surface area contributed by atoms with Crippen LogP contribution in [-0.4, -0.2) is 33.4 Å². The number of nitrogens with one attached hydrogen (secondary N) is 2. The third-order valence-corrected chi connectivity index (χ3v) is 3.09. The van der Waals surface area contributed by atoms with Gasteiger partial charge in [0.05, 0.1) is 6.21 Å². The number of phenolic OH excluding ortho intramolecular Hbond substituents is 2. The van der Waals surface area contributed by atoms with Gasteiger partial charge < -0.3 is 10.2 Å². The monoisotopic (exact) mass is 323 g/mol. The third kappa shape index (κ3) is 7.82. The molecule has 0 saturated carbocycles. The molecule has 126 valence electrons. The molecule has 8 nitrogen and oxygen atoms in total. The zero-order chi connectivity index (χ0) is 17.1. The van der Waals surface area contributed by atoms with Crippen molar-refractivity contribution >= 4 is 18.0 Å². The van der Waals surface area contributed by atoms with Gasteiger partial charge in [-0.1, -0.05) is 12.8 Å². The molecule has 0 bridgehead atoms. The molecule has 1 aromatic carbocycles. The van der Waals surface area contributed by atoms with Crippen LogP contribution < -0.4 is 10.9 Å². The van der Waals surface area contributed by atoms with Crippen LogP contribution in [0.2, 0.25) is 0 Å². The van der Waals surface area contributed by atoms with E-state index in [9.17, 15) is 19.8 Å². The number of hydroxylamine groups is 1. The highest BCUT2D eigenvalue weighted by molar-refractivity contribution is 5.85. The topological polar surface area (TPSA) is 131 Å². The summed E-state index contributed by atoms with van der Waals surface area (Å²) >= 11 is 0. The maximum atomic E-state index is 11.5. The van der Waals surface area contributed by atoms with Gasteiger partial charge in [0.25, 0.3) is 0 Å². The Hall–Kier alpha value is -2.61. The normalized spacial score (nSPS) is 10.7. The molecule has 0 aromatic heterocycles. The molecule has 0 unspecified atom stereocenters. The van der Waals surface area contributed by atoms with E-state index in [1.807, 2.05) is 0 Å². The van der Waals surface area contributed by atoms with E-state index < -0.39 is 5.91 Å². The lowest BCUT2D eigenvalue weighted by atomic mass is 10.1. The van der Waals surface area contributed by atoms with E-state index in [-0.39, 0.29) is 23.8 Å². The van der Waals surface area contributed by atoms with Crippen molar-refractivity contribution in [2.45, 2.75) is 38.5 Å². The van der Waals surface area contributed by atoms with Crippen LogP contribution in [0.5, 0.6) is 11.5 Å². The fourth-order valence-corrected chi connectivity index (χ4v) is 1.86. The van der Waals surface area contributed by atoms with E-state index in [1.165, 1.54) is 24.4 Å². The minimum atomic E-state index is -0.410. The van der Waals surface area contributed by atoms with Gasteiger partial charge in [-0.2, -0.15) is 5.10 Å². The maximum Gasteiger partial charge on any atom is 0.243 e. The van der Waals surface area contributed by atoms with Gasteiger partial charge in [-0.15, -0.1) is 0 Å². The van der Waals surface area contributed by atoms with Gasteiger partial charge >= 0.3 is 0 Å². The Kier molecular flexibility index (Phi) is 8.16. The van der Waals surface area contributed by atoms with Crippen LogP contribution in [-0.2, 0) is 9.59 Å². The zero-order valence-electron chi connectivity index (χ0n) is 12.7. The SMILES string of the molecule is O=C(CCCCCCC(=O)N/N=C/c1cc(O)ccc1O)NO. The Morgan fingerprint density at radius 2 is 1.70 bits per heavy atom. The lowest BCUT2D eigenvalue weighted by Gasteiger charge is -2.02. The predicted molar refractivity (Wildman–Crippen MR) is 83.1 cm³/mol. The number of phenols is 2. The molecule has 0 heterocycles. The van der Waals surface area contributed by atoms with Gasteiger partial charge in [0.15, 0.2) is 0 Å². The molecule has 0 fully saturated rings. The zero-order valence-corrected chi connectivity index (χ0v) is 12.7. The van der Waals surface area contributed by atoms with Gasteiger partial charge in [-0.3, -0.25) is 14.8 Å². The second kappa shape index (κ2) is 10.2. The highest BCUT2D eigenvalue weighted by Gasteiger charge is 2.02. The van der Waals surface area contributed by atoms with E-state index in [0.717, 1.165) is 12.8 Å². The molecule has 0 aliphatic rings. The van der Waals surface area contributed by atoms with Crippen molar-refractivity contribution in [3.63, 3.8) is 0 Å². The number of hydrazone groups is 1. The number of unbranched alkanes of at least 4 members (excludes halogenated alkanes) is 3. The molecule has 0 spiro atoms. The second-order valence-electron chi connectivity index (χ2n) is 4.99. The van der Waals surface area contributed by atoms with Gasteiger partial charge in [-0.25, -0.2) is 10.9 Å². The maximum absolute atomic E-state index is 11.5. The molecular weight excluding hydrogens is 302 g/mol. The fraction of sp³-hybridized carbons (Fsp3) is 0.400. The van der Waals surface area contributed by atoms with Crippen LogP contribution >= 0.6 is 0 Å². The molecule has 0 atom stereocenters. The standard InChI is InChI=1S/C15H21N3O5/c19-12-7-8-13(20)11(9-12)10-16-17-14(21)5-3-1-2-4-6-15(22)18-23/h7-10,19-20,23H,1-6H2,(H,17,21)(H,18,22)/b16-10+. The molecule has 8 heteroatoms. The highest BCUT2D eigenvalue weighted by Crippen LogP contribution is 2.19. The quantitative estimate of drug-likeness (QED) is 0.154. The van der Waals surface area contributed by atoms with Crippen LogP contribution in [0.15, 0.2) is 23.3 Å². The van der Waals surface area contributed by atoms with Crippen LogP contribution in [0.4, 0.5) is 0 Å². The Labute approximate surface area is 133 Å². The summed E-state index contributed by atoms with van der Waals surface area (Å²) in [5, 5.41) is 30.8. The smallest absolute Gasteiger partial charge is 0.243 e. The van der Waals surface area contributed by atoms with Gasteiger partial charge in [0, 0.05) is 18.4 Å². The van der Waals surface area contributed by atoms with Gasteiger partial charge in [0.1, 0.15) is 11.5 Å². The number of amides is 2. The molecular formula is C15H21N3O5. The average Bonchev–Trinajstić information content (AvgIpc) is 2.53. The second-order valence-corrected chi connectivity index (χ2v) is 4.99. The van der Waals surface area contributed by atoms with Crippen molar-refractivity contribution in [3.8, 4) is 11.5 Å². The first-order chi connectivity index (χ1) is 11.0. The molecule has 23 heavy (non-hydrogen) atoms. The lowest BCUT2D eigenvalue weighted by Crippen LogP contribution is -2.18. The first-order valence-electron chi connectivity index (χ1n) is 7.29. The van der Waals surface area contributed by atoms with Crippen LogP contribution in [0.25, 0.3) is 0 Å². The van der Waals surface area contributed by atoms with E-state index in [4.69, 9.17) is 5.21 Å². The summed E-state index contributed by atoms with van der Waals surface area (Å²) in [4.78, 5) is 22.3. The lowest BCUT2D eigenvalue weighted by molar-refractivity contribution is -0.129. The number of hydrogen-bond donors (Lipinski definition) is 5. The Bertz CT molecular complexity index is 560. The van der Waals surface area contributed by atoms with E-state index >= 15 is 0 Å². The van der Waals surface area contributed by atoms with Crippen molar-refractivity contribution in [1.29, 1.82) is 0 Å². The molecule has 0 aliphatic carbocycles. The summed E-state index contributed by atoms with van der Waals surface area (Å²) in [5.74, 6) is -0.723. The molecule has 1 aromatic rings. The first kappa shape index (κ1) is 18.4. The summed E-state index contributed by atoms with van der Waals surface area (Å²) in [6.45, 7) is 0. The molecule has 0 radical (unpaired) electrons. The van der Waals surface area contributed by atoms with Crippen molar-refractivity contribution in [2.75, 3.05) is 0 Å². The van der Waals surface area contributed by atoms with E-state index in [2.05, 4.69) is 10.5 Å². The van der Waals surface area contributed by atoms with Crippen LogP contribution in [0, 0.1) is 0 Å². The summed E-state index contributed by atoms with van der Waals surface area (Å²) in [7, 11) is 0.